The van der Waals surface area contributed by atoms with Crippen molar-refractivity contribution in [3.8, 4) is 11.8 Å². The third-order valence-corrected chi connectivity index (χ3v) is 3.97. The van der Waals surface area contributed by atoms with Crippen LogP contribution in [0.25, 0.3) is 0 Å². The van der Waals surface area contributed by atoms with E-state index in [0.29, 0.717) is 0 Å². The molecule has 0 aromatic heterocycles. The first-order valence-corrected chi connectivity index (χ1v) is 8.91. The minimum absolute atomic E-state index is 0.903. The summed E-state index contributed by atoms with van der Waals surface area (Å²) in [6.45, 7) is 16.0. The molecule has 22 heavy (non-hydrogen) atoms. The van der Waals surface area contributed by atoms with E-state index < -0.39 is 0 Å². The molecule has 0 aliphatic heterocycles. The van der Waals surface area contributed by atoms with E-state index in [1.165, 1.54) is 32.2 Å². The average Bonchev–Trinajstić information content (AvgIpc) is 2.56. The summed E-state index contributed by atoms with van der Waals surface area (Å²) in [6.07, 6.45) is 13.1. The summed E-state index contributed by atoms with van der Waals surface area (Å²) in [5.74, 6) is 8.15. The number of hydrogen-bond donors (Lipinski definition) is 1. The van der Waals surface area contributed by atoms with E-state index in [4.69, 9.17) is 0 Å². The number of rotatable bonds is 7. The first-order chi connectivity index (χ1) is 10.8. The molecule has 1 heteroatoms. The minimum atomic E-state index is 0.903. The molecule has 1 rings (SSSR count). The fraction of sp³-hybridized carbons (Fsp3) is 0.619. The maximum Gasteiger partial charge on any atom is 0.0239 e. The molecule has 1 aliphatic rings. The average molecular weight is 302 g/mol. The van der Waals surface area contributed by atoms with Gasteiger partial charge in [-0.3, -0.25) is 0 Å². The molecule has 0 spiro atoms. The lowest BCUT2D eigenvalue weighted by atomic mass is 9.83. The fourth-order valence-electron chi connectivity index (χ4n) is 2.59. The van der Waals surface area contributed by atoms with Crippen LogP contribution in [0.5, 0.6) is 0 Å². The van der Waals surface area contributed by atoms with Gasteiger partial charge < -0.3 is 5.32 Å². The van der Waals surface area contributed by atoms with Gasteiger partial charge in [0.25, 0.3) is 0 Å². The molecular weight excluding hydrogens is 266 g/mol. The maximum absolute atomic E-state index is 3.73. The highest BCUT2D eigenvalue weighted by molar-refractivity contribution is 5.39. The van der Waals surface area contributed by atoms with E-state index in [-0.39, 0.29) is 0 Å². The van der Waals surface area contributed by atoms with Crippen LogP contribution in [0.15, 0.2) is 37.0 Å². The van der Waals surface area contributed by atoms with Crippen molar-refractivity contribution in [2.24, 2.45) is 11.8 Å². The third-order valence-electron chi connectivity index (χ3n) is 3.97. The van der Waals surface area contributed by atoms with Crippen molar-refractivity contribution in [1.82, 2.24) is 5.32 Å². The highest BCUT2D eigenvalue weighted by Gasteiger charge is 2.17. The molecule has 1 N–H and O–H groups in total. The van der Waals surface area contributed by atoms with E-state index in [9.17, 15) is 0 Å². The molecule has 0 aromatic rings. The highest BCUT2D eigenvalue weighted by atomic mass is 14.9. The zero-order valence-corrected chi connectivity index (χ0v) is 15.0. The van der Waals surface area contributed by atoms with Crippen LogP contribution in [-0.2, 0) is 0 Å². The molecule has 0 bridgehead atoms. The Kier molecular flexibility index (Phi) is 13.8. The van der Waals surface area contributed by atoms with Gasteiger partial charge >= 0.3 is 0 Å². The summed E-state index contributed by atoms with van der Waals surface area (Å²) in [7, 11) is 0. The van der Waals surface area contributed by atoms with E-state index in [1.807, 2.05) is 19.9 Å². The Morgan fingerprint density at radius 2 is 1.86 bits per heavy atom. The number of unbranched alkanes of at least 4 members (excludes halogenated alkanes) is 1. The van der Waals surface area contributed by atoms with Crippen LogP contribution in [0.1, 0.15) is 59.3 Å². The molecule has 0 amide bonds. The molecule has 0 radical (unpaired) electrons. The summed E-state index contributed by atoms with van der Waals surface area (Å²) in [5, 5.41) is 3.58. The quantitative estimate of drug-likeness (QED) is 0.371. The van der Waals surface area contributed by atoms with E-state index in [0.717, 1.165) is 36.8 Å². The summed E-state index contributed by atoms with van der Waals surface area (Å²) < 4.78 is 0. The van der Waals surface area contributed by atoms with Gasteiger partial charge in [0.2, 0.25) is 0 Å². The molecule has 0 aromatic carbocycles. The highest BCUT2D eigenvalue weighted by Crippen LogP contribution is 2.27. The second-order valence-corrected chi connectivity index (χ2v) is 5.80. The van der Waals surface area contributed by atoms with Gasteiger partial charge in [-0.1, -0.05) is 70.8 Å². The monoisotopic (exact) mass is 301 g/mol. The fourth-order valence-corrected chi connectivity index (χ4v) is 2.59. The van der Waals surface area contributed by atoms with Crippen LogP contribution in [0.4, 0.5) is 0 Å². The van der Waals surface area contributed by atoms with Crippen molar-refractivity contribution >= 4 is 0 Å². The smallest absolute Gasteiger partial charge is 0.0239 e. The van der Waals surface area contributed by atoms with Crippen molar-refractivity contribution in [3.63, 3.8) is 0 Å². The molecule has 0 heterocycles. The van der Waals surface area contributed by atoms with Gasteiger partial charge in [0, 0.05) is 12.0 Å². The lowest BCUT2D eigenvalue weighted by Gasteiger charge is -2.26. The maximum atomic E-state index is 3.73. The van der Waals surface area contributed by atoms with Gasteiger partial charge in [0.05, 0.1) is 0 Å². The Bertz CT molecular complexity index is 372. The second-order valence-electron chi connectivity index (χ2n) is 5.80. The Labute approximate surface area is 139 Å². The topological polar surface area (TPSA) is 12.0 Å². The summed E-state index contributed by atoms with van der Waals surface area (Å²) in [6, 6.07) is 0. The first kappa shape index (κ1) is 20.7. The van der Waals surface area contributed by atoms with Crippen molar-refractivity contribution in [2.45, 2.75) is 59.3 Å². The lowest BCUT2D eigenvalue weighted by Crippen LogP contribution is -2.26. The molecule has 1 fully saturated rings. The SMILES string of the molecule is C=C/C=C(/C#CCCCNCC1CCC(C)CC1)C=C.CC. The van der Waals surface area contributed by atoms with Gasteiger partial charge in [0.1, 0.15) is 0 Å². The van der Waals surface area contributed by atoms with Crippen LogP contribution in [-0.4, -0.2) is 13.1 Å². The second kappa shape index (κ2) is 14.7. The van der Waals surface area contributed by atoms with Crippen LogP contribution in [0, 0.1) is 23.7 Å². The Morgan fingerprint density at radius 3 is 2.45 bits per heavy atom. The van der Waals surface area contributed by atoms with Crippen molar-refractivity contribution in [2.75, 3.05) is 13.1 Å². The van der Waals surface area contributed by atoms with Gasteiger partial charge in [-0.15, -0.1) is 0 Å². The van der Waals surface area contributed by atoms with Gasteiger partial charge in [-0.05, 0) is 50.3 Å². The summed E-state index contributed by atoms with van der Waals surface area (Å²) in [5.41, 5.74) is 0.948. The molecule has 1 nitrogen and oxygen atoms in total. The molecule has 1 saturated carbocycles. The zero-order chi connectivity index (χ0) is 16.6. The van der Waals surface area contributed by atoms with Crippen LogP contribution in [0.3, 0.4) is 0 Å². The van der Waals surface area contributed by atoms with Gasteiger partial charge in [0.15, 0.2) is 0 Å². The van der Waals surface area contributed by atoms with Crippen LogP contribution in [0.2, 0.25) is 0 Å². The van der Waals surface area contributed by atoms with Crippen LogP contribution >= 0.6 is 0 Å². The molecular formula is C21H35N. The minimum Gasteiger partial charge on any atom is -0.316 e. The Hall–Kier alpha value is -1.26. The van der Waals surface area contributed by atoms with E-state index >= 15 is 0 Å². The Morgan fingerprint density at radius 1 is 1.18 bits per heavy atom. The largest absolute Gasteiger partial charge is 0.316 e. The zero-order valence-electron chi connectivity index (χ0n) is 15.0. The number of nitrogens with one attached hydrogen (secondary N) is 1. The van der Waals surface area contributed by atoms with E-state index in [2.05, 4.69) is 37.2 Å². The number of hydrogen-bond acceptors (Lipinski definition) is 1. The molecule has 124 valence electrons. The molecule has 0 unspecified atom stereocenters. The Balaban J connectivity index is 0.00000211. The van der Waals surface area contributed by atoms with Crippen molar-refractivity contribution in [1.29, 1.82) is 0 Å². The van der Waals surface area contributed by atoms with Gasteiger partial charge in [-0.25, -0.2) is 0 Å². The molecule has 1 aliphatic carbocycles. The van der Waals surface area contributed by atoms with E-state index in [1.54, 1.807) is 12.2 Å². The third kappa shape index (κ3) is 10.5. The summed E-state index contributed by atoms with van der Waals surface area (Å²) in [4.78, 5) is 0. The number of allylic oxidation sites excluding steroid dienone is 4. The predicted molar refractivity (Wildman–Crippen MR) is 101 cm³/mol. The van der Waals surface area contributed by atoms with Crippen LogP contribution < -0.4 is 5.32 Å². The predicted octanol–water partition coefficient (Wildman–Crippen LogP) is 5.51. The normalized spacial score (nSPS) is 21.0. The first-order valence-electron chi connectivity index (χ1n) is 8.91. The molecule has 0 atom stereocenters. The molecule has 0 saturated heterocycles. The lowest BCUT2D eigenvalue weighted by molar-refractivity contribution is 0.282. The summed E-state index contributed by atoms with van der Waals surface area (Å²) >= 11 is 0. The van der Waals surface area contributed by atoms with Crippen molar-refractivity contribution in [3.05, 3.63) is 37.0 Å². The van der Waals surface area contributed by atoms with Crippen molar-refractivity contribution < 1.29 is 0 Å². The van der Waals surface area contributed by atoms with Gasteiger partial charge in [-0.2, -0.15) is 0 Å². The standard InChI is InChI=1S/C19H29N.C2H6/c1-4-9-18(5-2)10-7-6-8-15-20-16-19-13-11-17(3)12-14-19;1-2/h4-5,9,17,19-20H,1-2,6,8,11-16H2,3H3;1-2H3/b18-9+;.